The molecule has 2 N–H and O–H groups in total. The maximum absolute atomic E-state index is 12.7. The van der Waals surface area contributed by atoms with E-state index in [0.29, 0.717) is 23.9 Å². The number of hydrogen-bond donors (Lipinski definition) is 2. The first-order valence-corrected chi connectivity index (χ1v) is 11.8. The molecule has 2 aromatic heterocycles. The standard InChI is InChI=1S/C20H24N4O2S2/c25-28(26,18-5-2-1-3-6-18)24-10-8-16(9-11-24)13-21-14-17-15-22-23-20(17)19-7-4-12-27-19/h1-7,12,15-16,21H,8-11,13-14H2,(H,22,23). The van der Waals surface area contributed by atoms with Gasteiger partial charge in [0.1, 0.15) is 0 Å². The molecule has 6 nitrogen and oxygen atoms in total. The molecular weight excluding hydrogens is 392 g/mol. The lowest BCUT2D eigenvalue weighted by atomic mass is 9.98. The van der Waals surface area contributed by atoms with Crippen LogP contribution in [0.5, 0.6) is 0 Å². The number of rotatable bonds is 7. The minimum absolute atomic E-state index is 0.382. The van der Waals surface area contributed by atoms with Gasteiger partial charge < -0.3 is 5.32 Å². The van der Waals surface area contributed by atoms with Gasteiger partial charge in [-0.3, -0.25) is 5.10 Å². The summed E-state index contributed by atoms with van der Waals surface area (Å²) in [6.07, 6.45) is 3.63. The molecule has 1 aromatic carbocycles. The van der Waals surface area contributed by atoms with Crippen LogP contribution in [0.15, 0.2) is 58.9 Å². The monoisotopic (exact) mass is 416 g/mol. The maximum Gasteiger partial charge on any atom is 0.243 e. The van der Waals surface area contributed by atoms with Gasteiger partial charge in [0.15, 0.2) is 0 Å². The van der Waals surface area contributed by atoms with Gasteiger partial charge in [-0.1, -0.05) is 24.3 Å². The lowest BCUT2D eigenvalue weighted by Crippen LogP contribution is -2.40. The highest BCUT2D eigenvalue weighted by atomic mass is 32.2. The number of aromatic nitrogens is 2. The van der Waals surface area contributed by atoms with Crippen molar-refractivity contribution in [2.24, 2.45) is 5.92 Å². The molecule has 0 amide bonds. The topological polar surface area (TPSA) is 78.1 Å². The van der Waals surface area contributed by atoms with Crippen LogP contribution in [0.3, 0.4) is 0 Å². The van der Waals surface area contributed by atoms with Crippen molar-refractivity contribution in [2.75, 3.05) is 19.6 Å². The van der Waals surface area contributed by atoms with Crippen molar-refractivity contribution < 1.29 is 8.42 Å². The third-order valence-electron chi connectivity index (χ3n) is 5.19. The van der Waals surface area contributed by atoms with Crippen LogP contribution in [0.2, 0.25) is 0 Å². The Kier molecular flexibility index (Phi) is 5.91. The molecule has 0 aliphatic carbocycles. The molecule has 28 heavy (non-hydrogen) atoms. The highest BCUT2D eigenvalue weighted by Gasteiger charge is 2.29. The molecule has 1 aliphatic heterocycles. The zero-order valence-electron chi connectivity index (χ0n) is 15.5. The van der Waals surface area contributed by atoms with Crippen molar-refractivity contribution in [1.29, 1.82) is 0 Å². The van der Waals surface area contributed by atoms with E-state index in [9.17, 15) is 8.42 Å². The van der Waals surface area contributed by atoms with Crippen molar-refractivity contribution in [3.8, 4) is 10.6 Å². The van der Waals surface area contributed by atoms with E-state index in [0.717, 1.165) is 37.2 Å². The average Bonchev–Trinajstić information content (AvgIpc) is 3.41. The first-order chi connectivity index (χ1) is 13.6. The normalized spacial score (nSPS) is 16.4. The van der Waals surface area contributed by atoms with E-state index in [1.165, 1.54) is 4.88 Å². The number of benzene rings is 1. The second kappa shape index (κ2) is 8.57. The summed E-state index contributed by atoms with van der Waals surface area (Å²) in [7, 11) is -3.37. The number of sulfonamides is 1. The van der Waals surface area contributed by atoms with Gasteiger partial charge in [0.25, 0.3) is 0 Å². The fourth-order valence-corrected chi connectivity index (χ4v) is 5.83. The fraction of sp³-hybridized carbons (Fsp3) is 0.350. The first-order valence-electron chi connectivity index (χ1n) is 9.46. The van der Waals surface area contributed by atoms with Crippen molar-refractivity contribution in [3.63, 3.8) is 0 Å². The second-order valence-corrected chi connectivity index (χ2v) is 9.92. The number of H-pyrrole nitrogens is 1. The van der Waals surface area contributed by atoms with E-state index in [1.54, 1.807) is 39.9 Å². The molecule has 4 rings (SSSR count). The second-order valence-electron chi connectivity index (χ2n) is 7.04. The minimum atomic E-state index is -3.37. The summed E-state index contributed by atoms with van der Waals surface area (Å²) in [4.78, 5) is 1.57. The lowest BCUT2D eigenvalue weighted by molar-refractivity contribution is 0.267. The molecule has 0 spiro atoms. The molecule has 8 heteroatoms. The van der Waals surface area contributed by atoms with Gasteiger partial charge in [-0.05, 0) is 48.9 Å². The SMILES string of the molecule is O=S(=O)(c1ccccc1)N1CCC(CNCc2cn[nH]c2-c2cccs2)CC1. The molecule has 1 saturated heterocycles. The van der Waals surface area contributed by atoms with Crippen LogP contribution >= 0.6 is 11.3 Å². The Morgan fingerprint density at radius 3 is 2.64 bits per heavy atom. The molecule has 0 saturated carbocycles. The van der Waals surface area contributed by atoms with E-state index >= 15 is 0 Å². The van der Waals surface area contributed by atoms with Crippen molar-refractivity contribution in [3.05, 3.63) is 59.6 Å². The van der Waals surface area contributed by atoms with Gasteiger partial charge in [0.2, 0.25) is 10.0 Å². The van der Waals surface area contributed by atoms with Crippen LogP contribution < -0.4 is 5.32 Å². The highest BCUT2D eigenvalue weighted by Crippen LogP contribution is 2.26. The minimum Gasteiger partial charge on any atom is -0.312 e. The van der Waals surface area contributed by atoms with Crippen LogP contribution in [0.1, 0.15) is 18.4 Å². The summed E-state index contributed by atoms with van der Waals surface area (Å²) in [6.45, 7) is 2.80. The molecule has 0 unspecified atom stereocenters. The Morgan fingerprint density at radius 2 is 1.93 bits per heavy atom. The molecule has 1 fully saturated rings. The zero-order chi connectivity index (χ0) is 19.4. The molecule has 148 valence electrons. The van der Waals surface area contributed by atoms with E-state index in [1.807, 2.05) is 18.3 Å². The van der Waals surface area contributed by atoms with E-state index in [4.69, 9.17) is 0 Å². The lowest BCUT2D eigenvalue weighted by Gasteiger charge is -2.31. The van der Waals surface area contributed by atoms with Crippen molar-refractivity contribution in [2.45, 2.75) is 24.3 Å². The summed E-state index contributed by atoms with van der Waals surface area (Å²) in [5.74, 6) is 0.485. The Balaban J connectivity index is 1.27. The fourth-order valence-electron chi connectivity index (χ4n) is 3.59. The van der Waals surface area contributed by atoms with E-state index in [2.05, 4.69) is 27.0 Å². The van der Waals surface area contributed by atoms with E-state index < -0.39 is 10.0 Å². The van der Waals surface area contributed by atoms with Crippen LogP contribution in [0, 0.1) is 5.92 Å². The Labute approximate surface area is 169 Å². The third kappa shape index (κ3) is 4.20. The van der Waals surface area contributed by atoms with Crippen LogP contribution in [-0.4, -0.2) is 42.6 Å². The summed E-state index contributed by atoms with van der Waals surface area (Å²) in [5.41, 5.74) is 2.23. The number of piperidine rings is 1. The third-order valence-corrected chi connectivity index (χ3v) is 7.99. The number of thiophene rings is 1. The summed E-state index contributed by atoms with van der Waals surface area (Å²) < 4.78 is 27.0. The maximum atomic E-state index is 12.7. The highest BCUT2D eigenvalue weighted by molar-refractivity contribution is 7.89. The van der Waals surface area contributed by atoms with Gasteiger partial charge in [-0.15, -0.1) is 11.3 Å². The van der Waals surface area contributed by atoms with Gasteiger partial charge >= 0.3 is 0 Å². The molecule has 0 atom stereocenters. The largest absolute Gasteiger partial charge is 0.312 e. The molecule has 0 radical (unpaired) electrons. The van der Waals surface area contributed by atoms with Crippen molar-refractivity contribution in [1.82, 2.24) is 19.8 Å². The average molecular weight is 417 g/mol. The zero-order valence-corrected chi connectivity index (χ0v) is 17.2. The molecule has 3 heterocycles. The van der Waals surface area contributed by atoms with E-state index in [-0.39, 0.29) is 0 Å². The number of nitrogens with one attached hydrogen (secondary N) is 2. The molecular formula is C20H24N4O2S2. The number of aromatic amines is 1. The predicted molar refractivity (Wildman–Crippen MR) is 112 cm³/mol. The Morgan fingerprint density at radius 1 is 1.14 bits per heavy atom. The van der Waals surface area contributed by atoms with Crippen molar-refractivity contribution >= 4 is 21.4 Å². The van der Waals surface area contributed by atoms with Gasteiger partial charge in [-0.2, -0.15) is 9.40 Å². The van der Waals surface area contributed by atoms with Gasteiger partial charge in [0.05, 0.1) is 21.7 Å². The van der Waals surface area contributed by atoms with Crippen LogP contribution in [-0.2, 0) is 16.6 Å². The van der Waals surface area contributed by atoms with Gasteiger partial charge in [-0.25, -0.2) is 8.42 Å². The number of hydrogen-bond acceptors (Lipinski definition) is 5. The molecule has 0 bridgehead atoms. The summed E-state index contributed by atoms with van der Waals surface area (Å²) in [6, 6.07) is 12.8. The summed E-state index contributed by atoms with van der Waals surface area (Å²) >= 11 is 1.70. The number of nitrogens with zero attached hydrogens (tertiary/aromatic N) is 2. The van der Waals surface area contributed by atoms with Crippen LogP contribution in [0.25, 0.3) is 10.6 Å². The smallest absolute Gasteiger partial charge is 0.243 e. The van der Waals surface area contributed by atoms with Crippen LogP contribution in [0.4, 0.5) is 0 Å². The molecule has 3 aromatic rings. The molecule has 1 aliphatic rings. The Bertz CT molecular complexity index is 976. The van der Waals surface area contributed by atoms with Gasteiger partial charge in [0, 0.05) is 25.2 Å². The predicted octanol–water partition coefficient (Wildman–Crippen LogP) is 3.33. The first kappa shape index (κ1) is 19.3. The summed E-state index contributed by atoms with van der Waals surface area (Å²) in [5, 5.41) is 12.8. The Hall–Kier alpha value is -2.00. The quantitative estimate of drug-likeness (QED) is 0.619.